The van der Waals surface area contributed by atoms with Crippen molar-refractivity contribution in [2.75, 3.05) is 5.73 Å². The van der Waals surface area contributed by atoms with E-state index < -0.39 is 7.12 Å². The summed E-state index contributed by atoms with van der Waals surface area (Å²) in [6.45, 7) is 0. The van der Waals surface area contributed by atoms with Gasteiger partial charge in [-0.3, -0.25) is 0 Å². The van der Waals surface area contributed by atoms with Gasteiger partial charge in [0, 0.05) is 17.6 Å². The summed E-state index contributed by atoms with van der Waals surface area (Å²) in [5.74, 6) is 0. The molecule has 58 valence electrons. The van der Waals surface area contributed by atoms with Gasteiger partial charge in [0.2, 0.25) is 0 Å². The minimum atomic E-state index is -1.11. The van der Waals surface area contributed by atoms with Crippen LogP contribution in [0.2, 0.25) is 0 Å². The van der Waals surface area contributed by atoms with Gasteiger partial charge in [-0.15, -0.1) is 0 Å². The maximum Gasteiger partial charge on any atom is 0.508 e. The van der Waals surface area contributed by atoms with Crippen LogP contribution in [0.25, 0.3) is 0 Å². The molecule has 1 aromatic carbocycles. The molecule has 3 nitrogen and oxygen atoms in total. The average molecular weight is 171 g/mol. The maximum absolute atomic E-state index is 9.04. The molecule has 0 aliphatic heterocycles. The van der Waals surface area contributed by atoms with E-state index in [-0.39, 0.29) is 0 Å². The summed E-state index contributed by atoms with van der Waals surface area (Å²) >= 11 is 4.95. The Labute approximate surface area is 70.0 Å². The van der Waals surface area contributed by atoms with Gasteiger partial charge in [-0.2, -0.15) is 0 Å². The van der Waals surface area contributed by atoms with Crippen LogP contribution in [0.3, 0.4) is 0 Å². The number of nitrogens with two attached hydrogens (primary N) is 1. The molecule has 1 aromatic rings. The number of rotatable bonds is 2. The third-order valence-electron chi connectivity index (χ3n) is 1.28. The number of hydrogen-bond donors (Lipinski definition) is 2. The van der Waals surface area contributed by atoms with E-state index in [9.17, 15) is 0 Å². The Kier molecular flexibility index (Phi) is 2.76. The Morgan fingerprint density at radius 1 is 1.55 bits per heavy atom. The highest BCUT2D eigenvalue weighted by Gasteiger charge is 2.15. The Bertz CT molecular complexity index is 246. The molecule has 0 unspecified atom stereocenters. The maximum atomic E-state index is 9.04. The van der Waals surface area contributed by atoms with Crippen LogP contribution in [0.4, 0.5) is 5.69 Å². The molecule has 5 heteroatoms. The first-order chi connectivity index (χ1) is 5.24. The predicted molar refractivity (Wildman–Crippen MR) is 45.4 cm³/mol. The number of benzene rings is 1. The Morgan fingerprint density at radius 3 is 2.82 bits per heavy atom. The van der Waals surface area contributed by atoms with Gasteiger partial charge in [0.1, 0.15) is 0 Å². The first-order valence-electron chi connectivity index (χ1n) is 3.05. The smallest absolute Gasteiger partial charge is 0.422 e. The van der Waals surface area contributed by atoms with Gasteiger partial charge in [0.15, 0.2) is 0 Å². The van der Waals surface area contributed by atoms with Crippen LogP contribution in [0.5, 0.6) is 0 Å². The summed E-state index contributed by atoms with van der Waals surface area (Å²) in [5.41, 5.74) is 6.55. The Balaban J connectivity index is 2.86. The van der Waals surface area contributed by atoms with E-state index >= 15 is 0 Å². The van der Waals surface area contributed by atoms with Crippen molar-refractivity contribution in [2.24, 2.45) is 0 Å². The Morgan fingerprint density at radius 2 is 2.27 bits per heavy atom. The van der Waals surface area contributed by atoms with Crippen molar-refractivity contribution in [3.63, 3.8) is 0 Å². The van der Waals surface area contributed by atoms with Crippen LogP contribution in [0.1, 0.15) is 0 Å². The molecular formula is C6H7BClNO2. The molecular weight excluding hydrogens is 164 g/mol. The molecule has 0 atom stereocenters. The minimum Gasteiger partial charge on any atom is -0.422 e. The molecule has 0 aliphatic carbocycles. The second kappa shape index (κ2) is 3.62. The summed E-state index contributed by atoms with van der Waals surface area (Å²) in [6.07, 6.45) is 0. The fraction of sp³-hybridized carbons (Fsp3) is 0. The van der Waals surface area contributed by atoms with Crippen LogP contribution in [0.15, 0.2) is 24.3 Å². The summed E-state index contributed by atoms with van der Waals surface area (Å²) in [7, 11) is -1.11. The number of anilines is 1. The molecule has 0 spiro atoms. The minimum absolute atomic E-state index is 0.542. The largest absolute Gasteiger partial charge is 0.508 e. The van der Waals surface area contributed by atoms with Crippen LogP contribution in [-0.2, 0) is 4.21 Å². The van der Waals surface area contributed by atoms with Gasteiger partial charge in [-0.05, 0) is 17.6 Å². The van der Waals surface area contributed by atoms with Gasteiger partial charge >= 0.3 is 7.12 Å². The molecule has 0 aromatic heterocycles. The van der Waals surface area contributed by atoms with Gasteiger partial charge in [-0.1, -0.05) is 12.1 Å². The Hall–Kier alpha value is -0.705. The zero-order chi connectivity index (χ0) is 8.27. The van der Waals surface area contributed by atoms with Crippen LogP contribution < -0.4 is 11.2 Å². The highest BCUT2D eigenvalue weighted by molar-refractivity contribution is 6.63. The lowest BCUT2D eigenvalue weighted by molar-refractivity contribution is 0.457. The number of hydrogen-bond acceptors (Lipinski definition) is 3. The van der Waals surface area contributed by atoms with E-state index in [0.29, 0.717) is 11.2 Å². The van der Waals surface area contributed by atoms with E-state index in [1.54, 1.807) is 24.3 Å². The van der Waals surface area contributed by atoms with E-state index in [0.717, 1.165) is 0 Å². The van der Waals surface area contributed by atoms with Crippen LogP contribution >= 0.6 is 11.9 Å². The third-order valence-corrected chi connectivity index (χ3v) is 1.45. The third kappa shape index (κ3) is 2.11. The van der Waals surface area contributed by atoms with Crippen LogP contribution in [-0.4, -0.2) is 12.1 Å². The van der Waals surface area contributed by atoms with Crippen molar-refractivity contribution >= 4 is 30.1 Å². The molecule has 0 radical (unpaired) electrons. The first-order valence-corrected chi connectivity index (χ1v) is 3.36. The molecule has 3 N–H and O–H groups in total. The average Bonchev–Trinajstić information content (AvgIpc) is 2.03. The zero-order valence-electron chi connectivity index (χ0n) is 5.70. The molecule has 0 saturated carbocycles. The van der Waals surface area contributed by atoms with E-state index in [1.807, 2.05) is 0 Å². The van der Waals surface area contributed by atoms with Gasteiger partial charge in [0.25, 0.3) is 0 Å². The van der Waals surface area contributed by atoms with Crippen LogP contribution in [0, 0.1) is 0 Å². The number of halogens is 1. The molecule has 0 bridgehead atoms. The first kappa shape index (κ1) is 8.39. The lowest BCUT2D eigenvalue weighted by Gasteiger charge is -2.01. The summed E-state index contributed by atoms with van der Waals surface area (Å²) in [6, 6.07) is 6.69. The number of nitrogen functional groups attached to an aromatic ring is 1. The highest BCUT2D eigenvalue weighted by atomic mass is 35.5. The summed E-state index contributed by atoms with van der Waals surface area (Å²) in [4.78, 5) is 0. The van der Waals surface area contributed by atoms with Crippen molar-refractivity contribution < 1.29 is 9.23 Å². The van der Waals surface area contributed by atoms with Gasteiger partial charge < -0.3 is 15.0 Å². The lowest BCUT2D eigenvalue weighted by Crippen LogP contribution is -2.30. The molecule has 0 fully saturated rings. The topological polar surface area (TPSA) is 55.5 Å². The zero-order valence-corrected chi connectivity index (χ0v) is 6.45. The van der Waals surface area contributed by atoms with Crippen molar-refractivity contribution in [3.05, 3.63) is 24.3 Å². The van der Waals surface area contributed by atoms with Gasteiger partial charge in [-0.25, -0.2) is 0 Å². The van der Waals surface area contributed by atoms with Gasteiger partial charge in [0.05, 0.1) is 0 Å². The van der Waals surface area contributed by atoms with E-state index in [2.05, 4.69) is 4.21 Å². The van der Waals surface area contributed by atoms with Crippen molar-refractivity contribution in [3.8, 4) is 0 Å². The molecule has 11 heavy (non-hydrogen) atoms. The van der Waals surface area contributed by atoms with E-state index in [1.165, 1.54) is 0 Å². The predicted octanol–water partition coefficient (Wildman–Crippen LogP) is 0.127. The standard InChI is InChI=1S/C6H7BClNO2/c8-11-7(10)5-2-1-3-6(9)4-5/h1-4,10H,9H2. The SMILES string of the molecule is Nc1cccc(B(O)OCl)c1. The lowest BCUT2D eigenvalue weighted by atomic mass is 9.80. The van der Waals surface area contributed by atoms with Crippen molar-refractivity contribution in [1.82, 2.24) is 0 Å². The molecule has 0 saturated heterocycles. The molecule has 0 aliphatic rings. The summed E-state index contributed by atoms with van der Waals surface area (Å²) < 4.78 is 4.16. The molecule has 1 rings (SSSR count). The quantitative estimate of drug-likeness (QED) is 0.491. The second-order valence-electron chi connectivity index (χ2n) is 2.11. The highest BCUT2D eigenvalue weighted by Crippen LogP contribution is 1.98. The van der Waals surface area contributed by atoms with Crippen molar-refractivity contribution in [2.45, 2.75) is 0 Å². The fourth-order valence-electron chi connectivity index (χ4n) is 0.764. The van der Waals surface area contributed by atoms with Crippen molar-refractivity contribution in [1.29, 1.82) is 0 Å². The normalized spacial score (nSPS) is 9.64. The van der Waals surface area contributed by atoms with E-state index in [4.69, 9.17) is 22.6 Å². The second-order valence-corrected chi connectivity index (χ2v) is 2.29. The molecule has 0 amide bonds. The summed E-state index contributed by atoms with van der Waals surface area (Å²) in [5, 5.41) is 9.04. The fourth-order valence-corrected chi connectivity index (χ4v) is 0.867. The monoisotopic (exact) mass is 171 g/mol. The molecule has 0 heterocycles.